The summed E-state index contributed by atoms with van der Waals surface area (Å²) in [6.07, 6.45) is -0.537. The molecule has 2 N–H and O–H groups in total. The van der Waals surface area contributed by atoms with Gasteiger partial charge in [-0.1, -0.05) is 185 Å². The van der Waals surface area contributed by atoms with E-state index >= 15 is 0 Å². The summed E-state index contributed by atoms with van der Waals surface area (Å²) in [7, 11) is 0. The van der Waals surface area contributed by atoms with Crippen LogP contribution in [0.1, 0.15) is 61.6 Å². The van der Waals surface area contributed by atoms with Crippen LogP contribution in [-0.2, 0) is 39.1 Å². The Labute approximate surface area is 410 Å². The van der Waals surface area contributed by atoms with Gasteiger partial charge in [0.15, 0.2) is 16.4 Å². The highest BCUT2D eigenvalue weighted by Crippen LogP contribution is 2.48. The van der Waals surface area contributed by atoms with Crippen LogP contribution in [0.3, 0.4) is 0 Å². The zero-order valence-electron chi connectivity index (χ0n) is 37.1. The topological polar surface area (TPSA) is 166 Å². The molecule has 2 aliphatic heterocycles. The molecule has 2 atom stereocenters. The maximum atomic E-state index is 14.3. The number of hydrogen-bond acceptors (Lipinski definition) is 13. The number of carbonyl (C=O) groups is 5. The molecule has 0 aliphatic carbocycles. The second-order valence-corrected chi connectivity index (χ2v) is 20.4. The van der Waals surface area contributed by atoms with Crippen LogP contribution in [0.5, 0.6) is 0 Å². The molecule has 6 aromatic rings. The molecule has 13 nitrogen and oxygen atoms in total. The van der Waals surface area contributed by atoms with Gasteiger partial charge in [0.25, 0.3) is 11.8 Å². The molecule has 17 heteroatoms. The summed E-state index contributed by atoms with van der Waals surface area (Å²) >= 11 is 10.1. The minimum Gasteiger partial charge on any atom is -0.448 e. The van der Waals surface area contributed by atoms with E-state index in [4.69, 9.17) is 30.9 Å². The van der Waals surface area contributed by atoms with Crippen LogP contribution < -0.4 is 10.6 Å². The Kier molecular flexibility index (Phi) is 14.5. The molecule has 2 unspecified atom stereocenters. The lowest BCUT2D eigenvalue weighted by atomic mass is 9.78. The molecule has 1 aromatic heterocycles. The molecule has 0 bridgehead atoms. The van der Waals surface area contributed by atoms with Crippen LogP contribution in [0.4, 0.5) is 9.93 Å². The van der Waals surface area contributed by atoms with Crippen molar-refractivity contribution in [2.45, 2.75) is 56.4 Å². The first-order valence-electron chi connectivity index (χ1n) is 21.3. The highest BCUT2D eigenvalue weighted by Gasteiger charge is 2.55. The number of carbonyl (C=O) groups excluding carboxylic acids is 5. The molecule has 0 spiro atoms. The number of benzene rings is 5. The Morgan fingerprint density at radius 3 is 1.97 bits per heavy atom. The van der Waals surface area contributed by atoms with Gasteiger partial charge in [0.2, 0.25) is 5.60 Å². The van der Waals surface area contributed by atoms with Gasteiger partial charge in [-0.25, -0.2) is 14.6 Å². The van der Waals surface area contributed by atoms with Gasteiger partial charge in [-0.05, 0) is 31.9 Å². The number of nitrogens with one attached hydrogen (secondary N) is 2. The van der Waals surface area contributed by atoms with Gasteiger partial charge in [0, 0.05) is 39.8 Å². The average Bonchev–Trinajstić information content (AvgIpc) is 3.70. The van der Waals surface area contributed by atoms with Gasteiger partial charge >= 0.3 is 12.1 Å². The Bertz CT molecular complexity index is 2820. The first kappa shape index (κ1) is 47.8. The van der Waals surface area contributed by atoms with Crippen molar-refractivity contribution in [2.75, 3.05) is 11.1 Å². The number of fused-ring (bicyclic) bond motifs is 1. The molecule has 8 rings (SSSR count). The number of oxime groups is 1. The predicted molar refractivity (Wildman–Crippen MR) is 266 cm³/mol. The van der Waals surface area contributed by atoms with Crippen LogP contribution >= 0.6 is 46.5 Å². The van der Waals surface area contributed by atoms with E-state index in [1.165, 1.54) is 23.6 Å². The van der Waals surface area contributed by atoms with Gasteiger partial charge in [0.1, 0.15) is 39.0 Å². The predicted octanol–water partition coefficient (Wildman–Crippen LogP) is 10.3. The third kappa shape index (κ3) is 10.4. The fourth-order valence-corrected chi connectivity index (χ4v) is 11.1. The third-order valence-corrected chi connectivity index (χ3v) is 14.1. The minimum absolute atomic E-state index is 0.0413. The molecule has 1 fully saturated rings. The number of thiazole rings is 1. The molecular formula is C51H44ClN5O8S3. The van der Waals surface area contributed by atoms with Crippen LogP contribution in [-0.4, -0.2) is 67.9 Å². The lowest BCUT2D eigenvalue weighted by molar-refractivity contribution is -0.154. The van der Waals surface area contributed by atoms with Crippen molar-refractivity contribution in [3.8, 4) is 11.3 Å². The molecule has 1 saturated heterocycles. The van der Waals surface area contributed by atoms with Crippen molar-refractivity contribution >= 4 is 86.8 Å². The first-order valence-corrected chi connectivity index (χ1v) is 24.4. The number of esters is 1. The van der Waals surface area contributed by atoms with Crippen molar-refractivity contribution in [3.63, 3.8) is 0 Å². The largest absolute Gasteiger partial charge is 0.448 e. The summed E-state index contributed by atoms with van der Waals surface area (Å²) in [6, 6.07) is 43.4. The lowest BCUT2D eigenvalue weighted by Gasteiger charge is -2.49. The number of anilines is 1. The summed E-state index contributed by atoms with van der Waals surface area (Å²) in [5.41, 5.74) is 1.89. The standard InChI is InChI=1S/C51H44ClN5O8S3/c1-31(58)67-38-30-66-46-41(45(60)57(46)42(38)47(61)63-43(32-19-9-5-10-20-32)33-21-11-6-12-22-33)54-39(59)29-53-65-51(34-23-13-7-14-24-34,35-25-15-8-16-26-35)37-28-18-17-27-36(37)40-44(52)68-48(55-40)56-49(62)64-50(2,3)4/h5-29,41,43,46H,30H2,1-4H3,(H,54,59)(H,55,56,62)/b53-29+. The normalized spacial score (nSPS) is 15.9. The first-order chi connectivity index (χ1) is 32.7. The van der Waals surface area contributed by atoms with E-state index < -0.39 is 52.6 Å². The van der Waals surface area contributed by atoms with Crippen LogP contribution in [0.2, 0.25) is 4.34 Å². The van der Waals surface area contributed by atoms with E-state index in [0.717, 1.165) is 40.4 Å². The van der Waals surface area contributed by atoms with Crippen LogP contribution in [0.25, 0.3) is 11.3 Å². The maximum absolute atomic E-state index is 14.3. The van der Waals surface area contributed by atoms with Crippen LogP contribution in [0, 0.1) is 0 Å². The number of aromatic nitrogens is 1. The number of ether oxygens (including phenoxy) is 2. The SMILES string of the molecule is CC(=O)SC1=C(C(=O)OC(c2ccccc2)c2ccccc2)N2C(=O)C(NC(=O)/C=N/OC(c3ccccc3)(c3ccccc3)c3ccccc3-c3nc(NC(=O)OC(C)(C)C)sc3Cl)C2SC1. The highest BCUT2D eigenvalue weighted by atomic mass is 35.5. The van der Waals surface area contributed by atoms with Crippen molar-refractivity contribution in [1.82, 2.24) is 15.2 Å². The highest BCUT2D eigenvalue weighted by molar-refractivity contribution is 8.17. The number of β-lactam (4-membered cyclic amide) rings is 1. The monoisotopic (exact) mass is 985 g/mol. The molecule has 0 saturated carbocycles. The van der Waals surface area contributed by atoms with Crippen LogP contribution in [0.15, 0.2) is 161 Å². The van der Waals surface area contributed by atoms with E-state index in [1.54, 1.807) is 20.8 Å². The maximum Gasteiger partial charge on any atom is 0.413 e. The second-order valence-electron chi connectivity index (χ2n) is 16.4. The molecule has 5 aromatic carbocycles. The van der Waals surface area contributed by atoms with E-state index in [1.807, 2.05) is 146 Å². The third-order valence-electron chi connectivity index (χ3n) is 10.6. The van der Waals surface area contributed by atoms with E-state index in [0.29, 0.717) is 32.9 Å². The Balaban J connectivity index is 1.07. The minimum atomic E-state index is -1.52. The van der Waals surface area contributed by atoms with Gasteiger partial charge in [-0.2, -0.15) is 0 Å². The molecule has 68 heavy (non-hydrogen) atoms. The average molecular weight is 987 g/mol. The number of halogens is 1. The zero-order valence-corrected chi connectivity index (χ0v) is 40.3. The van der Waals surface area contributed by atoms with E-state index in [9.17, 15) is 24.0 Å². The Hall–Kier alpha value is -6.72. The molecule has 346 valence electrons. The quantitative estimate of drug-likeness (QED) is 0.0351. The summed E-state index contributed by atoms with van der Waals surface area (Å²) in [5.74, 6) is -1.87. The Morgan fingerprint density at radius 1 is 0.838 bits per heavy atom. The molecule has 2 aliphatic rings. The van der Waals surface area contributed by atoms with Crippen molar-refractivity contribution in [2.24, 2.45) is 5.16 Å². The van der Waals surface area contributed by atoms with Gasteiger partial charge in [-0.3, -0.25) is 24.6 Å². The summed E-state index contributed by atoms with van der Waals surface area (Å²) in [4.78, 5) is 80.2. The smallest absolute Gasteiger partial charge is 0.413 e. The summed E-state index contributed by atoms with van der Waals surface area (Å²) in [6.45, 7) is 6.66. The molecule has 3 amide bonds. The van der Waals surface area contributed by atoms with Gasteiger partial charge in [-0.15, -0.1) is 11.8 Å². The van der Waals surface area contributed by atoms with E-state index in [2.05, 4.69) is 15.8 Å². The molecule has 3 heterocycles. The van der Waals surface area contributed by atoms with Gasteiger partial charge in [0.05, 0.1) is 0 Å². The van der Waals surface area contributed by atoms with Crippen molar-refractivity contribution in [3.05, 3.63) is 188 Å². The summed E-state index contributed by atoms with van der Waals surface area (Å²) < 4.78 is 11.9. The number of hydrogen-bond donors (Lipinski definition) is 2. The lowest BCUT2D eigenvalue weighted by Crippen LogP contribution is -2.70. The second kappa shape index (κ2) is 20.7. The van der Waals surface area contributed by atoms with Gasteiger partial charge < -0.3 is 19.6 Å². The number of thioether (sulfide) groups is 2. The zero-order chi connectivity index (χ0) is 48.0. The fourth-order valence-electron chi connectivity index (χ4n) is 7.81. The Morgan fingerprint density at radius 2 is 1.40 bits per heavy atom. The van der Waals surface area contributed by atoms with Crippen molar-refractivity contribution in [1.29, 1.82) is 0 Å². The molecule has 0 radical (unpaired) electrons. The van der Waals surface area contributed by atoms with Crippen molar-refractivity contribution < 1.29 is 38.3 Å². The number of rotatable bonds is 14. The summed E-state index contributed by atoms with van der Waals surface area (Å²) in [5, 5.41) is 9.00. The van der Waals surface area contributed by atoms with E-state index in [-0.39, 0.29) is 26.0 Å². The number of amides is 3. The fraction of sp³-hybridized carbons (Fsp3) is 0.196. The molecular weight excluding hydrogens is 942 g/mol. The number of nitrogens with zero attached hydrogens (tertiary/aromatic N) is 3.